The van der Waals surface area contributed by atoms with Crippen molar-refractivity contribution in [3.63, 3.8) is 0 Å². The number of nitrogens with zero attached hydrogens (tertiary/aromatic N) is 4. The molecule has 0 atom stereocenters. The normalized spacial score (nSPS) is 11.1. The van der Waals surface area contributed by atoms with E-state index in [1.807, 2.05) is 13.0 Å². The quantitative estimate of drug-likeness (QED) is 0.315. The number of nitrogens with two attached hydrogens (primary N) is 1. The summed E-state index contributed by atoms with van der Waals surface area (Å²) in [6.07, 6.45) is 3.17. The maximum atomic E-state index is 12.5. The van der Waals surface area contributed by atoms with Gasteiger partial charge in [-0.25, -0.2) is 14.8 Å². The maximum absolute atomic E-state index is 12.5. The highest BCUT2D eigenvalue weighted by atomic mass is 16.6. The number of aliphatic hydroxyl groups excluding tert-OH is 1. The van der Waals surface area contributed by atoms with E-state index in [4.69, 9.17) is 15.6 Å². The molecule has 0 unspecified atom stereocenters. The number of carbonyl (C=O) groups is 1. The summed E-state index contributed by atoms with van der Waals surface area (Å²) in [5.74, 6) is 0.953. The van der Waals surface area contributed by atoms with Crippen LogP contribution in [0, 0.1) is 6.92 Å². The number of nitrogens with one attached hydrogen (secondary N) is 1. The molecule has 0 bridgehead atoms. The highest BCUT2D eigenvalue weighted by Crippen LogP contribution is 2.29. The molecule has 0 radical (unpaired) electrons. The lowest BCUT2D eigenvalue weighted by Crippen LogP contribution is -2.30. The standard InChI is InChI=1S/C19H22N6O4/c1-12-8-13-9-14(4-5-16(13)25(12)19(27)21-6-3-7-26)29-18-15(10-24-28-2)17(20)22-11-23-18/h4-5,8-11,26H,3,6-7H2,1-2H3,(H,21,27)(H2,20,22,23). The van der Waals surface area contributed by atoms with Gasteiger partial charge < -0.3 is 25.7 Å². The average Bonchev–Trinajstić information content (AvgIpc) is 3.02. The van der Waals surface area contributed by atoms with Crippen molar-refractivity contribution in [1.82, 2.24) is 19.9 Å². The van der Waals surface area contributed by atoms with Crippen LogP contribution in [-0.4, -0.2) is 52.1 Å². The van der Waals surface area contributed by atoms with Crippen LogP contribution in [0.1, 0.15) is 17.7 Å². The van der Waals surface area contributed by atoms with Crippen LogP contribution in [0.3, 0.4) is 0 Å². The molecule has 0 saturated heterocycles. The minimum absolute atomic E-state index is 0.0248. The van der Waals surface area contributed by atoms with Crippen molar-refractivity contribution in [3.8, 4) is 11.6 Å². The second-order valence-corrected chi connectivity index (χ2v) is 6.15. The van der Waals surface area contributed by atoms with Gasteiger partial charge in [-0.05, 0) is 37.6 Å². The fourth-order valence-electron chi connectivity index (χ4n) is 2.83. The Morgan fingerprint density at radius 3 is 2.97 bits per heavy atom. The van der Waals surface area contributed by atoms with Gasteiger partial charge in [0, 0.05) is 24.2 Å². The average molecular weight is 398 g/mol. The van der Waals surface area contributed by atoms with Gasteiger partial charge in [0.2, 0.25) is 5.88 Å². The summed E-state index contributed by atoms with van der Waals surface area (Å²) >= 11 is 0. The van der Waals surface area contributed by atoms with Gasteiger partial charge in [-0.1, -0.05) is 5.16 Å². The molecule has 0 aliphatic rings. The number of benzene rings is 1. The number of nitrogen functional groups attached to an aromatic ring is 1. The molecule has 10 heteroatoms. The van der Waals surface area contributed by atoms with E-state index in [1.54, 1.807) is 22.8 Å². The first kappa shape index (κ1) is 20.1. The molecule has 10 nitrogen and oxygen atoms in total. The number of aromatic nitrogens is 3. The lowest BCUT2D eigenvalue weighted by Gasteiger charge is -2.10. The summed E-state index contributed by atoms with van der Waals surface area (Å²) in [6, 6.07) is 6.96. The first-order valence-electron chi connectivity index (χ1n) is 8.91. The third-order valence-corrected chi connectivity index (χ3v) is 4.15. The summed E-state index contributed by atoms with van der Waals surface area (Å²) in [6.45, 7) is 2.27. The topological polar surface area (TPSA) is 137 Å². The van der Waals surface area contributed by atoms with E-state index >= 15 is 0 Å². The number of hydrogen-bond donors (Lipinski definition) is 3. The molecule has 152 valence electrons. The summed E-state index contributed by atoms with van der Waals surface area (Å²) in [4.78, 5) is 25.2. The third-order valence-electron chi connectivity index (χ3n) is 4.15. The van der Waals surface area contributed by atoms with Gasteiger partial charge >= 0.3 is 6.03 Å². The SMILES string of the molecule is CON=Cc1c(N)ncnc1Oc1ccc2c(c1)cc(C)n2C(=O)NCCCO. The summed E-state index contributed by atoms with van der Waals surface area (Å²) < 4.78 is 7.45. The van der Waals surface area contributed by atoms with Crippen molar-refractivity contribution in [1.29, 1.82) is 0 Å². The van der Waals surface area contributed by atoms with Gasteiger partial charge in [-0.2, -0.15) is 0 Å². The monoisotopic (exact) mass is 398 g/mol. The molecule has 0 aliphatic heterocycles. The van der Waals surface area contributed by atoms with Crippen molar-refractivity contribution >= 4 is 29.0 Å². The number of hydrogen-bond acceptors (Lipinski definition) is 8. The van der Waals surface area contributed by atoms with E-state index in [9.17, 15) is 4.79 Å². The summed E-state index contributed by atoms with van der Waals surface area (Å²) in [5, 5.41) is 16.2. The van der Waals surface area contributed by atoms with Crippen molar-refractivity contribution < 1.29 is 19.5 Å². The van der Waals surface area contributed by atoms with Crippen LogP contribution in [0.25, 0.3) is 10.9 Å². The number of ether oxygens (including phenoxy) is 1. The molecule has 1 aromatic carbocycles. The Labute approximate surface area is 167 Å². The number of aryl methyl sites for hydroxylation is 1. The summed E-state index contributed by atoms with van der Waals surface area (Å²) in [5.41, 5.74) is 7.78. The van der Waals surface area contributed by atoms with Crippen LogP contribution in [-0.2, 0) is 4.84 Å². The first-order chi connectivity index (χ1) is 14.0. The van der Waals surface area contributed by atoms with E-state index in [0.29, 0.717) is 24.3 Å². The van der Waals surface area contributed by atoms with Crippen LogP contribution in [0.5, 0.6) is 11.6 Å². The molecule has 0 aliphatic carbocycles. The maximum Gasteiger partial charge on any atom is 0.326 e. The molecule has 3 aromatic rings. The number of amides is 1. The highest BCUT2D eigenvalue weighted by molar-refractivity contribution is 5.93. The van der Waals surface area contributed by atoms with Gasteiger partial charge in [-0.3, -0.25) is 4.57 Å². The van der Waals surface area contributed by atoms with Crippen LogP contribution >= 0.6 is 0 Å². The van der Waals surface area contributed by atoms with Gasteiger partial charge in [-0.15, -0.1) is 0 Å². The number of carbonyl (C=O) groups excluding carboxylic acids is 1. The zero-order valence-corrected chi connectivity index (χ0v) is 16.1. The minimum atomic E-state index is -0.249. The molecular formula is C19H22N6O4. The lowest BCUT2D eigenvalue weighted by atomic mass is 10.2. The zero-order chi connectivity index (χ0) is 20.8. The fourth-order valence-corrected chi connectivity index (χ4v) is 2.83. The van der Waals surface area contributed by atoms with Gasteiger partial charge in [0.25, 0.3) is 0 Å². The largest absolute Gasteiger partial charge is 0.438 e. The Kier molecular flexibility index (Phi) is 6.25. The highest BCUT2D eigenvalue weighted by Gasteiger charge is 2.15. The molecule has 0 saturated carbocycles. The number of aliphatic hydroxyl groups is 1. The molecular weight excluding hydrogens is 376 g/mol. The van der Waals surface area contributed by atoms with Crippen LogP contribution in [0.4, 0.5) is 10.6 Å². The summed E-state index contributed by atoms with van der Waals surface area (Å²) in [7, 11) is 1.41. The first-order valence-corrected chi connectivity index (χ1v) is 8.91. The van der Waals surface area contributed by atoms with Crippen molar-refractivity contribution in [2.75, 3.05) is 26.0 Å². The second kappa shape index (κ2) is 9.02. The van der Waals surface area contributed by atoms with Crippen molar-refractivity contribution in [2.45, 2.75) is 13.3 Å². The number of anilines is 1. The Morgan fingerprint density at radius 1 is 1.38 bits per heavy atom. The minimum Gasteiger partial charge on any atom is -0.438 e. The number of fused-ring (bicyclic) bond motifs is 1. The smallest absolute Gasteiger partial charge is 0.326 e. The predicted octanol–water partition coefficient (Wildman–Crippen LogP) is 2.03. The van der Waals surface area contributed by atoms with Gasteiger partial charge in [0.1, 0.15) is 30.6 Å². The van der Waals surface area contributed by atoms with Crippen LogP contribution in [0.15, 0.2) is 35.7 Å². The molecule has 1 amide bonds. The van der Waals surface area contributed by atoms with E-state index in [2.05, 4.69) is 25.3 Å². The van der Waals surface area contributed by atoms with Gasteiger partial charge in [0.05, 0.1) is 11.7 Å². The Balaban J connectivity index is 1.89. The third kappa shape index (κ3) is 4.43. The second-order valence-electron chi connectivity index (χ2n) is 6.15. The number of oxime groups is 1. The van der Waals surface area contributed by atoms with Crippen molar-refractivity contribution in [3.05, 3.63) is 41.9 Å². The molecule has 29 heavy (non-hydrogen) atoms. The zero-order valence-electron chi connectivity index (χ0n) is 16.1. The Hall–Kier alpha value is -3.66. The van der Waals surface area contributed by atoms with E-state index in [0.717, 1.165) is 16.6 Å². The van der Waals surface area contributed by atoms with E-state index in [1.165, 1.54) is 19.7 Å². The Morgan fingerprint density at radius 2 is 2.21 bits per heavy atom. The number of rotatable bonds is 7. The molecule has 2 heterocycles. The molecule has 0 spiro atoms. The van der Waals surface area contributed by atoms with Crippen LogP contribution in [0.2, 0.25) is 0 Å². The van der Waals surface area contributed by atoms with Crippen molar-refractivity contribution in [2.24, 2.45) is 5.16 Å². The predicted molar refractivity (Wildman–Crippen MR) is 108 cm³/mol. The van der Waals surface area contributed by atoms with E-state index < -0.39 is 0 Å². The molecule has 0 fully saturated rings. The Bertz CT molecular complexity index is 1050. The molecule has 4 N–H and O–H groups in total. The molecule has 2 aromatic heterocycles. The lowest BCUT2D eigenvalue weighted by molar-refractivity contribution is 0.215. The van der Waals surface area contributed by atoms with Gasteiger partial charge in [0.15, 0.2) is 0 Å². The van der Waals surface area contributed by atoms with E-state index in [-0.39, 0.29) is 24.3 Å². The fraction of sp³-hybridized carbons (Fsp3) is 0.263. The van der Waals surface area contributed by atoms with Crippen LogP contribution < -0.4 is 15.8 Å². The molecule has 3 rings (SSSR count).